The van der Waals surface area contributed by atoms with Gasteiger partial charge in [-0.3, -0.25) is 0 Å². The van der Waals surface area contributed by atoms with E-state index in [9.17, 15) is 0 Å². The van der Waals surface area contributed by atoms with Crippen LogP contribution in [0.4, 0.5) is 5.69 Å². The first-order valence-corrected chi connectivity index (χ1v) is 7.09. The molecule has 1 aliphatic carbocycles. The van der Waals surface area contributed by atoms with E-state index in [-0.39, 0.29) is 0 Å². The minimum Gasteiger partial charge on any atom is -0.366 e. The van der Waals surface area contributed by atoms with Gasteiger partial charge in [-0.05, 0) is 43.4 Å². The van der Waals surface area contributed by atoms with Crippen LogP contribution in [0.2, 0.25) is 0 Å². The third-order valence-electron chi connectivity index (χ3n) is 4.31. The number of rotatable bonds is 1. The van der Waals surface area contributed by atoms with E-state index < -0.39 is 0 Å². The highest BCUT2D eigenvalue weighted by atomic mass is 15.2. The third kappa shape index (κ3) is 2.13. The lowest BCUT2D eigenvalue weighted by atomic mass is 9.87. The Labute approximate surface area is 109 Å². The molecule has 3 heteroatoms. The highest BCUT2D eigenvalue weighted by Crippen LogP contribution is 2.31. The largest absolute Gasteiger partial charge is 0.366 e. The van der Waals surface area contributed by atoms with E-state index in [4.69, 9.17) is 5.73 Å². The molecule has 0 bridgehead atoms. The summed E-state index contributed by atoms with van der Waals surface area (Å²) in [5.41, 5.74) is 10.6. The summed E-state index contributed by atoms with van der Waals surface area (Å²) in [6, 6.07) is 7.68. The van der Waals surface area contributed by atoms with Gasteiger partial charge in [0, 0.05) is 37.4 Å². The topological polar surface area (TPSA) is 41.3 Å². The van der Waals surface area contributed by atoms with Gasteiger partial charge in [0.25, 0.3) is 0 Å². The molecule has 1 saturated heterocycles. The molecule has 18 heavy (non-hydrogen) atoms. The number of anilines is 1. The fraction of sp³-hybridized carbons (Fsp3) is 0.600. The first kappa shape index (κ1) is 12.0. The highest BCUT2D eigenvalue weighted by Gasteiger charge is 2.24. The van der Waals surface area contributed by atoms with Crippen molar-refractivity contribution in [2.24, 2.45) is 5.73 Å². The average Bonchev–Trinajstić information content (AvgIpc) is 2.39. The zero-order valence-corrected chi connectivity index (χ0v) is 11.2. The molecule has 2 unspecified atom stereocenters. The lowest BCUT2D eigenvalue weighted by Crippen LogP contribution is -2.50. The first-order valence-electron chi connectivity index (χ1n) is 7.09. The molecule has 3 rings (SSSR count). The Kier molecular flexibility index (Phi) is 3.27. The maximum absolute atomic E-state index is 6.15. The summed E-state index contributed by atoms with van der Waals surface area (Å²) in [7, 11) is 0. The van der Waals surface area contributed by atoms with Gasteiger partial charge in [0.05, 0.1) is 0 Å². The maximum atomic E-state index is 6.15. The smallest absolute Gasteiger partial charge is 0.0405 e. The van der Waals surface area contributed by atoms with E-state index in [2.05, 4.69) is 35.3 Å². The van der Waals surface area contributed by atoms with E-state index in [1.54, 1.807) is 0 Å². The van der Waals surface area contributed by atoms with Gasteiger partial charge < -0.3 is 16.0 Å². The molecule has 3 N–H and O–H groups in total. The van der Waals surface area contributed by atoms with Crippen molar-refractivity contribution in [3.05, 3.63) is 29.3 Å². The van der Waals surface area contributed by atoms with Gasteiger partial charge in [-0.1, -0.05) is 12.1 Å². The van der Waals surface area contributed by atoms with Gasteiger partial charge in [0.2, 0.25) is 0 Å². The molecular formula is C15H23N3. The fourth-order valence-corrected chi connectivity index (χ4v) is 3.26. The summed E-state index contributed by atoms with van der Waals surface area (Å²) in [5, 5.41) is 3.46. The summed E-state index contributed by atoms with van der Waals surface area (Å²) in [6.07, 6.45) is 3.32. The van der Waals surface area contributed by atoms with E-state index in [1.165, 1.54) is 16.8 Å². The van der Waals surface area contributed by atoms with Crippen molar-refractivity contribution in [2.45, 2.75) is 38.3 Å². The molecule has 1 heterocycles. The van der Waals surface area contributed by atoms with Crippen LogP contribution in [-0.4, -0.2) is 31.7 Å². The van der Waals surface area contributed by atoms with Crippen molar-refractivity contribution in [1.82, 2.24) is 5.32 Å². The molecule has 1 aliphatic heterocycles. The molecule has 0 amide bonds. The summed E-state index contributed by atoms with van der Waals surface area (Å²) in [6.45, 7) is 5.57. The molecule has 3 nitrogen and oxygen atoms in total. The van der Waals surface area contributed by atoms with Crippen LogP contribution in [0, 0.1) is 0 Å². The van der Waals surface area contributed by atoms with Crippen LogP contribution < -0.4 is 16.0 Å². The van der Waals surface area contributed by atoms with Crippen molar-refractivity contribution in [2.75, 3.05) is 24.5 Å². The van der Waals surface area contributed by atoms with Crippen molar-refractivity contribution < 1.29 is 0 Å². The summed E-state index contributed by atoms with van der Waals surface area (Å²) in [4.78, 5) is 2.55. The molecule has 2 aliphatic rings. The van der Waals surface area contributed by atoms with E-state index in [0.29, 0.717) is 12.1 Å². The lowest BCUT2D eigenvalue weighted by molar-refractivity contribution is 0.496. The Hall–Kier alpha value is -1.06. The van der Waals surface area contributed by atoms with Crippen LogP contribution in [0.3, 0.4) is 0 Å². The Bertz CT molecular complexity index is 430. The summed E-state index contributed by atoms with van der Waals surface area (Å²) in [5.74, 6) is 0. The average molecular weight is 245 g/mol. The van der Waals surface area contributed by atoms with Crippen LogP contribution in [0.1, 0.15) is 24.5 Å². The zero-order chi connectivity index (χ0) is 12.5. The minimum absolute atomic E-state index is 0.344. The number of aryl methyl sites for hydroxylation is 1. The Morgan fingerprint density at radius 3 is 3.11 bits per heavy atom. The number of fused-ring (bicyclic) bond motifs is 1. The van der Waals surface area contributed by atoms with Crippen LogP contribution in [-0.2, 0) is 12.8 Å². The van der Waals surface area contributed by atoms with E-state index in [1.807, 2.05) is 0 Å². The number of hydrogen-bond donors (Lipinski definition) is 2. The number of nitrogens with one attached hydrogen (secondary N) is 1. The van der Waals surface area contributed by atoms with Gasteiger partial charge in [-0.25, -0.2) is 0 Å². The fourth-order valence-electron chi connectivity index (χ4n) is 3.26. The van der Waals surface area contributed by atoms with Crippen molar-refractivity contribution in [3.63, 3.8) is 0 Å². The summed E-state index contributed by atoms with van der Waals surface area (Å²) < 4.78 is 0. The van der Waals surface area contributed by atoms with Crippen molar-refractivity contribution >= 4 is 5.69 Å². The van der Waals surface area contributed by atoms with Crippen LogP contribution in [0.25, 0.3) is 0 Å². The first-order chi connectivity index (χ1) is 8.75. The Morgan fingerprint density at radius 2 is 2.28 bits per heavy atom. The van der Waals surface area contributed by atoms with Gasteiger partial charge >= 0.3 is 0 Å². The molecule has 1 aromatic rings. The molecule has 0 saturated carbocycles. The number of nitrogens with two attached hydrogens (primary N) is 1. The third-order valence-corrected chi connectivity index (χ3v) is 4.31. The monoisotopic (exact) mass is 245 g/mol. The number of hydrogen-bond acceptors (Lipinski definition) is 3. The molecular weight excluding hydrogens is 222 g/mol. The van der Waals surface area contributed by atoms with Crippen LogP contribution in [0.15, 0.2) is 18.2 Å². The molecule has 1 fully saturated rings. The maximum Gasteiger partial charge on any atom is 0.0405 e. The SMILES string of the molecule is CC1CNCCN1c1cccc2c1CC(N)CC2. The van der Waals surface area contributed by atoms with Crippen molar-refractivity contribution in [3.8, 4) is 0 Å². The zero-order valence-electron chi connectivity index (χ0n) is 11.2. The van der Waals surface area contributed by atoms with Gasteiger partial charge in [-0.2, -0.15) is 0 Å². The lowest BCUT2D eigenvalue weighted by Gasteiger charge is -2.38. The number of benzene rings is 1. The predicted molar refractivity (Wildman–Crippen MR) is 76.1 cm³/mol. The minimum atomic E-state index is 0.344. The van der Waals surface area contributed by atoms with Gasteiger partial charge in [0.1, 0.15) is 0 Å². The highest BCUT2D eigenvalue weighted by molar-refractivity contribution is 5.59. The quantitative estimate of drug-likeness (QED) is 0.783. The standard InChI is InChI=1S/C15H23N3/c1-11-10-17-7-8-18(11)15-4-2-3-12-5-6-13(16)9-14(12)15/h2-4,11,13,17H,5-10,16H2,1H3. The molecule has 0 radical (unpaired) electrons. The molecule has 1 aromatic carbocycles. The second kappa shape index (κ2) is 4.90. The normalized spacial score (nSPS) is 28.0. The summed E-state index contributed by atoms with van der Waals surface area (Å²) >= 11 is 0. The number of nitrogens with zero attached hydrogens (tertiary/aromatic N) is 1. The molecule has 0 aromatic heterocycles. The molecule has 2 atom stereocenters. The van der Waals surface area contributed by atoms with Gasteiger partial charge in [-0.15, -0.1) is 0 Å². The molecule has 0 spiro atoms. The second-order valence-electron chi connectivity index (χ2n) is 5.66. The van der Waals surface area contributed by atoms with E-state index >= 15 is 0 Å². The van der Waals surface area contributed by atoms with Gasteiger partial charge in [0.15, 0.2) is 0 Å². The van der Waals surface area contributed by atoms with Crippen molar-refractivity contribution in [1.29, 1.82) is 0 Å². The molecule has 98 valence electrons. The Balaban J connectivity index is 1.96. The van der Waals surface area contributed by atoms with Crippen LogP contribution >= 0.6 is 0 Å². The Morgan fingerprint density at radius 1 is 1.39 bits per heavy atom. The number of piperazine rings is 1. The van der Waals surface area contributed by atoms with E-state index in [0.717, 1.165) is 38.9 Å². The predicted octanol–water partition coefficient (Wildman–Crippen LogP) is 1.30. The second-order valence-corrected chi connectivity index (χ2v) is 5.66. The van der Waals surface area contributed by atoms with Crippen LogP contribution in [0.5, 0.6) is 0 Å².